The fourth-order valence-electron chi connectivity index (χ4n) is 3.17. The lowest BCUT2D eigenvalue weighted by molar-refractivity contribution is 0.135. The van der Waals surface area contributed by atoms with E-state index in [-0.39, 0.29) is 0 Å². The van der Waals surface area contributed by atoms with Gasteiger partial charge in [-0.05, 0) is 31.9 Å². The zero-order valence-electron chi connectivity index (χ0n) is 12.2. The lowest BCUT2D eigenvalue weighted by atomic mass is 9.90. The van der Waals surface area contributed by atoms with Gasteiger partial charge in [0.15, 0.2) is 0 Å². The second kappa shape index (κ2) is 5.75. The van der Waals surface area contributed by atoms with Crippen molar-refractivity contribution in [3.8, 4) is 0 Å². The van der Waals surface area contributed by atoms with Crippen LogP contribution in [0.2, 0.25) is 0 Å². The van der Waals surface area contributed by atoms with Gasteiger partial charge in [-0.2, -0.15) is 0 Å². The molecule has 0 spiro atoms. The molecule has 0 bridgehead atoms. The largest absolute Gasteiger partial charge is 0.320 e. The third-order valence-electron chi connectivity index (χ3n) is 4.35. The molecule has 4 nitrogen and oxygen atoms in total. The first kappa shape index (κ1) is 13.3. The molecular weight excluding hydrogens is 248 g/mol. The van der Waals surface area contributed by atoms with Gasteiger partial charge in [-0.1, -0.05) is 30.3 Å². The van der Waals surface area contributed by atoms with Gasteiger partial charge in [-0.15, -0.1) is 10.2 Å². The number of rotatable bonds is 3. The molecule has 1 aliphatic heterocycles. The summed E-state index contributed by atoms with van der Waals surface area (Å²) >= 11 is 0. The van der Waals surface area contributed by atoms with Crippen LogP contribution in [0.5, 0.6) is 0 Å². The van der Waals surface area contributed by atoms with Gasteiger partial charge >= 0.3 is 0 Å². The fourth-order valence-corrected chi connectivity index (χ4v) is 3.17. The second-order valence-electron chi connectivity index (χ2n) is 5.83. The Labute approximate surface area is 120 Å². The van der Waals surface area contributed by atoms with Crippen LogP contribution in [-0.2, 0) is 13.6 Å². The minimum absolute atomic E-state index is 0.546. The first-order valence-corrected chi connectivity index (χ1v) is 7.36. The Balaban J connectivity index is 1.64. The van der Waals surface area contributed by atoms with Crippen LogP contribution in [0, 0.1) is 0 Å². The van der Waals surface area contributed by atoms with Crippen LogP contribution in [0.4, 0.5) is 0 Å². The summed E-state index contributed by atoms with van der Waals surface area (Å²) in [5.41, 5.74) is 1.40. The number of hydrogen-bond donors (Lipinski definition) is 0. The van der Waals surface area contributed by atoms with Crippen LogP contribution in [0.3, 0.4) is 0 Å². The molecule has 2 atom stereocenters. The van der Waals surface area contributed by atoms with Crippen molar-refractivity contribution in [3.63, 3.8) is 0 Å². The number of benzene rings is 1. The van der Waals surface area contributed by atoms with Gasteiger partial charge < -0.3 is 4.57 Å². The van der Waals surface area contributed by atoms with Crippen LogP contribution >= 0.6 is 0 Å². The maximum Gasteiger partial charge on any atom is 0.135 e. The normalized spacial score (nSPS) is 23.9. The Morgan fingerprint density at radius 2 is 2.05 bits per heavy atom. The molecule has 106 valence electrons. The quantitative estimate of drug-likeness (QED) is 0.859. The van der Waals surface area contributed by atoms with Gasteiger partial charge in [0.05, 0.1) is 0 Å². The highest BCUT2D eigenvalue weighted by atomic mass is 15.3. The van der Waals surface area contributed by atoms with E-state index in [9.17, 15) is 0 Å². The van der Waals surface area contributed by atoms with Crippen molar-refractivity contribution in [2.45, 2.75) is 38.3 Å². The standard InChI is InChI=1S/C16H22N4/c1-13-10-15(16-18-17-12-19(16)2)8-9-20(13)11-14-6-4-3-5-7-14/h3-7,12-13,15H,8-11H2,1-2H3. The highest BCUT2D eigenvalue weighted by molar-refractivity contribution is 5.15. The van der Waals surface area contributed by atoms with E-state index in [4.69, 9.17) is 0 Å². The molecule has 2 unspecified atom stereocenters. The minimum atomic E-state index is 0.546. The summed E-state index contributed by atoms with van der Waals surface area (Å²) in [5.74, 6) is 1.68. The van der Waals surface area contributed by atoms with Gasteiger partial charge in [0.1, 0.15) is 12.2 Å². The van der Waals surface area contributed by atoms with Crippen molar-refractivity contribution < 1.29 is 0 Å². The molecule has 3 rings (SSSR count). The first-order valence-electron chi connectivity index (χ1n) is 7.36. The SMILES string of the molecule is CC1CC(c2nncn2C)CCN1Cc1ccccc1. The molecule has 0 amide bonds. The molecule has 1 fully saturated rings. The van der Waals surface area contributed by atoms with Gasteiger partial charge in [0, 0.05) is 25.6 Å². The van der Waals surface area contributed by atoms with E-state index in [0.29, 0.717) is 12.0 Å². The molecule has 0 saturated carbocycles. The summed E-state index contributed by atoms with van der Waals surface area (Å²) in [6.07, 6.45) is 4.14. The third kappa shape index (κ3) is 2.75. The van der Waals surface area contributed by atoms with E-state index in [1.165, 1.54) is 18.4 Å². The molecular formula is C16H22N4. The molecule has 2 aromatic rings. The summed E-state index contributed by atoms with van der Waals surface area (Å²) in [5, 5.41) is 8.29. The van der Waals surface area contributed by atoms with Crippen molar-refractivity contribution in [1.82, 2.24) is 19.7 Å². The average Bonchev–Trinajstić information content (AvgIpc) is 2.88. The number of aromatic nitrogens is 3. The second-order valence-corrected chi connectivity index (χ2v) is 5.83. The van der Waals surface area contributed by atoms with E-state index in [1.807, 2.05) is 7.05 Å². The number of piperidine rings is 1. The van der Waals surface area contributed by atoms with Crippen LogP contribution < -0.4 is 0 Å². The molecule has 1 aromatic carbocycles. The first-order chi connectivity index (χ1) is 9.74. The van der Waals surface area contributed by atoms with E-state index in [0.717, 1.165) is 18.9 Å². The van der Waals surface area contributed by atoms with Crippen LogP contribution in [0.25, 0.3) is 0 Å². The van der Waals surface area contributed by atoms with Crippen molar-refractivity contribution in [2.24, 2.45) is 7.05 Å². The molecule has 0 radical (unpaired) electrons. The number of likely N-dealkylation sites (tertiary alicyclic amines) is 1. The van der Waals surface area contributed by atoms with Gasteiger partial charge in [0.2, 0.25) is 0 Å². The van der Waals surface area contributed by atoms with E-state index < -0.39 is 0 Å². The molecule has 1 aliphatic rings. The van der Waals surface area contributed by atoms with E-state index in [2.05, 4.69) is 56.9 Å². The molecule has 4 heteroatoms. The highest BCUT2D eigenvalue weighted by Gasteiger charge is 2.28. The summed E-state index contributed by atoms with van der Waals surface area (Å²) in [6.45, 7) is 4.51. The molecule has 0 aliphatic carbocycles. The van der Waals surface area contributed by atoms with Crippen molar-refractivity contribution >= 4 is 0 Å². The maximum absolute atomic E-state index is 4.28. The number of nitrogens with zero attached hydrogens (tertiary/aromatic N) is 4. The summed E-state index contributed by atoms with van der Waals surface area (Å²) in [6, 6.07) is 11.3. The smallest absolute Gasteiger partial charge is 0.135 e. The number of hydrogen-bond acceptors (Lipinski definition) is 3. The molecule has 1 aromatic heterocycles. The monoisotopic (exact) mass is 270 g/mol. The predicted molar refractivity (Wildman–Crippen MR) is 79.3 cm³/mol. The van der Waals surface area contributed by atoms with Crippen molar-refractivity contribution in [3.05, 3.63) is 48.0 Å². The maximum atomic E-state index is 4.28. The third-order valence-corrected chi connectivity index (χ3v) is 4.35. The van der Waals surface area contributed by atoms with Crippen LogP contribution in [0.15, 0.2) is 36.7 Å². The lowest BCUT2D eigenvalue weighted by Gasteiger charge is -2.37. The topological polar surface area (TPSA) is 34.0 Å². The molecule has 2 heterocycles. The molecule has 1 saturated heterocycles. The predicted octanol–water partition coefficient (Wildman–Crippen LogP) is 2.58. The summed E-state index contributed by atoms with van der Waals surface area (Å²) in [4.78, 5) is 2.57. The van der Waals surface area contributed by atoms with Crippen molar-refractivity contribution in [1.29, 1.82) is 0 Å². The lowest BCUT2D eigenvalue weighted by Crippen LogP contribution is -2.40. The zero-order chi connectivity index (χ0) is 13.9. The van der Waals surface area contributed by atoms with Gasteiger partial charge in [0.25, 0.3) is 0 Å². The van der Waals surface area contributed by atoms with Crippen LogP contribution in [0.1, 0.15) is 37.1 Å². The summed E-state index contributed by atoms with van der Waals surface area (Å²) < 4.78 is 2.06. The van der Waals surface area contributed by atoms with Crippen LogP contribution in [-0.4, -0.2) is 32.3 Å². The molecule has 0 N–H and O–H groups in total. The summed E-state index contributed by atoms with van der Waals surface area (Å²) in [7, 11) is 2.04. The Morgan fingerprint density at radius 3 is 2.70 bits per heavy atom. The van der Waals surface area contributed by atoms with Gasteiger partial charge in [-0.25, -0.2) is 0 Å². The fraction of sp³-hybridized carbons (Fsp3) is 0.500. The van der Waals surface area contributed by atoms with Gasteiger partial charge in [-0.3, -0.25) is 4.90 Å². The van der Waals surface area contributed by atoms with E-state index >= 15 is 0 Å². The highest BCUT2D eigenvalue weighted by Crippen LogP contribution is 2.30. The Hall–Kier alpha value is -1.68. The molecule has 20 heavy (non-hydrogen) atoms. The Kier molecular flexibility index (Phi) is 3.83. The number of aryl methyl sites for hydroxylation is 1. The Morgan fingerprint density at radius 1 is 1.25 bits per heavy atom. The van der Waals surface area contributed by atoms with E-state index in [1.54, 1.807) is 6.33 Å². The Bertz CT molecular complexity index is 549. The minimum Gasteiger partial charge on any atom is -0.320 e. The zero-order valence-corrected chi connectivity index (χ0v) is 12.2. The average molecular weight is 270 g/mol. The van der Waals surface area contributed by atoms with Crippen molar-refractivity contribution in [2.75, 3.05) is 6.54 Å².